The van der Waals surface area contributed by atoms with Crippen LogP contribution in [0.3, 0.4) is 0 Å². The molecule has 0 bridgehead atoms. The van der Waals surface area contributed by atoms with Crippen molar-refractivity contribution in [1.29, 1.82) is 0 Å². The number of fused-ring (bicyclic) bond motifs is 1. The summed E-state index contributed by atoms with van der Waals surface area (Å²) in [4.78, 5) is 12.3. The van der Waals surface area contributed by atoms with Crippen molar-refractivity contribution in [2.75, 3.05) is 12.9 Å². The maximum absolute atomic E-state index is 12.3. The van der Waals surface area contributed by atoms with Gasteiger partial charge < -0.3 is 13.7 Å². The lowest BCUT2D eigenvalue weighted by Crippen LogP contribution is -2.15. The fourth-order valence-corrected chi connectivity index (χ4v) is 4.78. The minimum atomic E-state index is -0.341. The van der Waals surface area contributed by atoms with Gasteiger partial charge in [-0.15, -0.1) is 10.2 Å². The highest BCUT2D eigenvalue weighted by Gasteiger charge is 2.16. The Morgan fingerprint density at radius 1 is 0.882 bits per heavy atom. The van der Waals surface area contributed by atoms with Crippen LogP contribution in [-0.2, 0) is 19.5 Å². The van der Waals surface area contributed by atoms with Crippen LogP contribution in [0.5, 0.6) is 5.75 Å². The Balaban J connectivity index is 1.38. The van der Waals surface area contributed by atoms with Crippen molar-refractivity contribution in [3.05, 3.63) is 95.0 Å². The van der Waals surface area contributed by atoms with Crippen molar-refractivity contribution in [1.82, 2.24) is 19.3 Å². The number of ether oxygens (including phenoxy) is 1. The van der Waals surface area contributed by atoms with Gasteiger partial charge in [0.05, 0.1) is 12.6 Å². The van der Waals surface area contributed by atoms with Crippen molar-refractivity contribution in [2.24, 2.45) is 0 Å². The molecule has 5 aromatic rings. The molecule has 0 unspecified atom stereocenters. The van der Waals surface area contributed by atoms with E-state index >= 15 is 0 Å². The molecule has 2 heterocycles. The van der Waals surface area contributed by atoms with Crippen LogP contribution in [0.1, 0.15) is 5.56 Å². The monoisotopic (exact) mass is 472 g/mol. The predicted molar refractivity (Wildman–Crippen MR) is 133 cm³/mol. The second kappa shape index (κ2) is 10.0. The second-order valence-corrected chi connectivity index (χ2v) is 8.82. The van der Waals surface area contributed by atoms with E-state index in [0.717, 1.165) is 40.8 Å². The largest absolute Gasteiger partial charge is 0.497 e. The number of methoxy groups -OCH3 is 1. The standard InChI is InChI=1S/C26H24N4O3S/c1-32-21-13-11-20(12-14-21)24-27-28-25(30(24)16-15-19-7-3-2-4-8-19)34-18-17-29-22-9-5-6-10-23(22)33-26(29)31/h2-14H,15-18H2,1H3. The van der Waals surface area contributed by atoms with Crippen LogP contribution in [0.2, 0.25) is 0 Å². The summed E-state index contributed by atoms with van der Waals surface area (Å²) >= 11 is 1.58. The Labute approximate surface area is 201 Å². The maximum Gasteiger partial charge on any atom is 0.419 e. The quantitative estimate of drug-likeness (QED) is 0.284. The van der Waals surface area contributed by atoms with Gasteiger partial charge in [0.1, 0.15) is 5.75 Å². The molecule has 0 aliphatic carbocycles. The van der Waals surface area contributed by atoms with Gasteiger partial charge in [-0.1, -0.05) is 54.2 Å². The Morgan fingerprint density at radius 2 is 1.65 bits per heavy atom. The van der Waals surface area contributed by atoms with Gasteiger partial charge >= 0.3 is 5.76 Å². The molecule has 0 aliphatic heterocycles. The van der Waals surface area contributed by atoms with E-state index in [1.807, 2.05) is 54.6 Å². The van der Waals surface area contributed by atoms with Gasteiger partial charge in [0.15, 0.2) is 16.6 Å². The van der Waals surface area contributed by atoms with E-state index in [-0.39, 0.29) is 5.76 Å². The number of hydrogen-bond acceptors (Lipinski definition) is 6. The summed E-state index contributed by atoms with van der Waals surface area (Å²) in [6, 6.07) is 25.7. The molecule has 172 valence electrons. The Hall–Kier alpha value is -3.78. The number of aromatic nitrogens is 4. The molecule has 0 spiro atoms. The highest BCUT2D eigenvalue weighted by atomic mass is 32.2. The number of nitrogens with zero attached hydrogens (tertiary/aromatic N) is 4. The number of aryl methyl sites for hydroxylation is 2. The van der Waals surface area contributed by atoms with Crippen molar-refractivity contribution in [2.45, 2.75) is 24.7 Å². The molecule has 3 aromatic carbocycles. The predicted octanol–water partition coefficient (Wildman–Crippen LogP) is 4.90. The molecule has 34 heavy (non-hydrogen) atoms. The van der Waals surface area contributed by atoms with Gasteiger partial charge in [-0.2, -0.15) is 0 Å². The van der Waals surface area contributed by atoms with Crippen molar-refractivity contribution >= 4 is 22.9 Å². The van der Waals surface area contributed by atoms with Crippen LogP contribution in [-0.4, -0.2) is 32.2 Å². The zero-order valence-electron chi connectivity index (χ0n) is 18.8. The smallest absolute Gasteiger partial charge is 0.419 e. The number of rotatable bonds is 9. The van der Waals surface area contributed by atoms with Crippen LogP contribution >= 0.6 is 11.8 Å². The van der Waals surface area contributed by atoms with Crippen LogP contribution in [0, 0.1) is 0 Å². The van der Waals surface area contributed by atoms with Gasteiger partial charge in [-0.25, -0.2) is 4.79 Å². The first-order valence-corrected chi connectivity index (χ1v) is 12.0. The van der Waals surface area contributed by atoms with Gasteiger partial charge in [0.25, 0.3) is 0 Å². The summed E-state index contributed by atoms with van der Waals surface area (Å²) in [5.74, 6) is 1.93. The molecule has 0 fully saturated rings. The fraction of sp³-hybridized carbons (Fsp3) is 0.192. The Bertz CT molecular complexity index is 1440. The van der Waals surface area contributed by atoms with Crippen LogP contribution < -0.4 is 10.5 Å². The van der Waals surface area contributed by atoms with Crippen molar-refractivity contribution in [3.63, 3.8) is 0 Å². The van der Waals surface area contributed by atoms with E-state index in [4.69, 9.17) is 9.15 Å². The van der Waals surface area contributed by atoms with Crippen molar-refractivity contribution < 1.29 is 9.15 Å². The molecule has 0 aliphatic rings. The normalized spacial score (nSPS) is 11.2. The minimum Gasteiger partial charge on any atom is -0.497 e. The fourth-order valence-electron chi connectivity index (χ4n) is 3.89. The van der Waals surface area contributed by atoms with Crippen LogP contribution in [0.15, 0.2) is 93.2 Å². The van der Waals surface area contributed by atoms with E-state index in [1.165, 1.54) is 5.56 Å². The molecular formula is C26H24N4O3S. The minimum absolute atomic E-state index is 0.341. The third kappa shape index (κ3) is 4.63. The summed E-state index contributed by atoms with van der Waals surface area (Å²) < 4.78 is 14.5. The first-order valence-electron chi connectivity index (χ1n) is 11.1. The molecule has 5 rings (SSSR count). The lowest BCUT2D eigenvalue weighted by molar-refractivity contribution is 0.415. The number of benzene rings is 3. The highest BCUT2D eigenvalue weighted by Crippen LogP contribution is 2.26. The van der Waals surface area contributed by atoms with Gasteiger partial charge in [0.2, 0.25) is 0 Å². The van der Waals surface area contributed by atoms with Gasteiger partial charge in [-0.05, 0) is 48.4 Å². The third-order valence-corrected chi connectivity index (χ3v) is 6.60. The molecule has 0 saturated heterocycles. The Kier molecular flexibility index (Phi) is 6.49. The number of oxazole rings is 1. The lowest BCUT2D eigenvalue weighted by atomic mass is 10.1. The molecule has 8 heteroatoms. The zero-order chi connectivity index (χ0) is 23.3. The molecule has 7 nitrogen and oxygen atoms in total. The summed E-state index contributed by atoms with van der Waals surface area (Å²) in [6.45, 7) is 1.26. The molecule has 2 aromatic heterocycles. The summed E-state index contributed by atoms with van der Waals surface area (Å²) in [7, 11) is 1.65. The van der Waals surface area contributed by atoms with E-state index < -0.39 is 0 Å². The molecule has 0 saturated carbocycles. The summed E-state index contributed by atoms with van der Waals surface area (Å²) in [5, 5.41) is 9.81. The first-order chi connectivity index (χ1) is 16.7. The lowest BCUT2D eigenvalue weighted by Gasteiger charge is -2.11. The maximum atomic E-state index is 12.3. The molecule has 0 atom stereocenters. The van der Waals surface area contributed by atoms with E-state index in [2.05, 4.69) is 39.0 Å². The molecule has 0 N–H and O–H groups in total. The molecular weight excluding hydrogens is 448 g/mol. The average Bonchev–Trinajstić information content (AvgIpc) is 3.43. The van der Waals surface area contributed by atoms with Crippen LogP contribution in [0.25, 0.3) is 22.5 Å². The topological polar surface area (TPSA) is 75.1 Å². The third-order valence-electron chi connectivity index (χ3n) is 5.65. The molecule has 0 amide bonds. The van der Waals surface area contributed by atoms with Crippen LogP contribution in [0.4, 0.5) is 0 Å². The Morgan fingerprint density at radius 3 is 2.44 bits per heavy atom. The van der Waals surface area contributed by atoms with Crippen molar-refractivity contribution in [3.8, 4) is 17.1 Å². The molecule has 0 radical (unpaired) electrons. The number of thioether (sulfide) groups is 1. The number of hydrogen-bond donors (Lipinski definition) is 0. The summed E-state index contributed by atoms with van der Waals surface area (Å²) in [6.07, 6.45) is 0.863. The zero-order valence-corrected chi connectivity index (χ0v) is 19.6. The van der Waals surface area contributed by atoms with E-state index in [0.29, 0.717) is 17.9 Å². The van der Waals surface area contributed by atoms with Gasteiger partial charge in [-0.3, -0.25) is 4.57 Å². The second-order valence-electron chi connectivity index (χ2n) is 7.76. The SMILES string of the molecule is COc1ccc(-c2nnc(SCCn3c(=O)oc4ccccc43)n2CCc2ccccc2)cc1. The van der Waals surface area contributed by atoms with E-state index in [9.17, 15) is 4.79 Å². The van der Waals surface area contributed by atoms with E-state index in [1.54, 1.807) is 23.4 Å². The number of para-hydroxylation sites is 2. The highest BCUT2D eigenvalue weighted by molar-refractivity contribution is 7.99. The summed E-state index contributed by atoms with van der Waals surface area (Å²) in [5.41, 5.74) is 3.64. The average molecular weight is 473 g/mol. The van der Waals surface area contributed by atoms with Gasteiger partial charge in [0, 0.05) is 24.4 Å². The first kappa shape index (κ1) is 22.0.